The van der Waals surface area contributed by atoms with Gasteiger partial charge < -0.3 is 5.73 Å². The Labute approximate surface area is 92.8 Å². The Morgan fingerprint density at radius 3 is 2.67 bits per heavy atom. The van der Waals surface area contributed by atoms with Gasteiger partial charge in [0.15, 0.2) is 0 Å². The molecule has 0 saturated heterocycles. The first kappa shape index (κ1) is 13.8. The average molecular weight is 235 g/mol. The third-order valence-corrected chi connectivity index (χ3v) is 2.03. The highest BCUT2D eigenvalue weighted by Gasteiger charge is 2.18. The number of benzene rings is 1. The van der Waals surface area contributed by atoms with Crippen molar-refractivity contribution in [1.82, 2.24) is 0 Å². The molecule has 0 bridgehead atoms. The van der Waals surface area contributed by atoms with E-state index >= 15 is 0 Å². The van der Waals surface area contributed by atoms with Crippen molar-refractivity contribution in [3.63, 3.8) is 0 Å². The van der Waals surface area contributed by atoms with Crippen LogP contribution < -0.4 is 5.73 Å². The van der Waals surface area contributed by atoms with E-state index in [4.69, 9.17) is 5.73 Å². The Morgan fingerprint density at radius 2 is 2.20 bits per heavy atom. The van der Waals surface area contributed by atoms with Gasteiger partial charge in [-0.25, -0.2) is 4.39 Å². The second kappa shape index (κ2) is 5.63. The molecule has 0 spiro atoms. The molecule has 0 aliphatic rings. The van der Waals surface area contributed by atoms with Crippen molar-refractivity contribution in [2.24, 2.45) is 5.73 Å². The molecule has 0 unspecified atom stereocenters. The van der Waals surface area contributed by atoms with Crippen LogP contribution in [0.25, 0.3) is 0 Å². The maximum absolute atomic E-state index is 12.8. The maximum Gasteiger partial charge on any atom is 0.274 e. The number of nitro benzene ring substituents is 1. The summed E-state index contributed by atoms with van der Waals surface area (Å²) in [5, 5.41) is 10.6. The number of halogens is 2. The monoisotopic (exact) mass is 234 g/mol. The zero-order valence-corrected chi connectivity index (χ0v) is 8.96. The van der Waals surface area contributed by atoms with Crippen molar-refractivity contribution in [2.75, 3.05) is 0 Å². The lowest BCUT2D eigenvalue weighted by Gasteiger charge is -2.09. The first-order valence-corrected chi connectivity index (χ1v) is 4.25. The van der Waals surface area contributed by atoms with Crippen molar-refractivity contribution >= 4 is 18.1 Å². The molecule has 1 aromatic carbocycles. The van der Waals surface area contributed by atoms with Crippen LogP contribution in [0.3, 0.4) is 0 Å². The molecule has 4 nitrogen and oxygen atoms in total. The summed E-state index contributed by atoms with van der Waals surface area (Å²) >= 11 is 0. The zero-order chi connectivity index (χ0) is 10.7. The van der Waals surface area contributed by atoms with Crippen LogP contribution in [-0.2, 0) is 0 Å². The van der Waals surface area contributed by atoms with E-state index < -0.39 is 16.8 Å². The van der Waals surface area contributed by atoms with Gasteiger partial charge in [-0.15, -0.1) is 12.4 Å². The van der Waals surface area contributed by atoms with Crippen LogP contribution in [0, 0.1) is 15.9 Å². The van der Waals surface area contributed by atoms with Crippen molar-refractivity contribution in [3.05, 3.63) is 39.7 Å². The van der Waals surface area contributed by atoms with Gasteiger partial charge in [0.2, 0.25) is 0 Å². The fraction of sp³-hybridized carbons (Fsp3) is 0.333. The number of nitrogens with zero attached hydrogens (tertiary/aromatic N) is 1. The first-order chi connectivity index (χ1) is 6.56. The Bertz CT molecular complexity index is 360. The average Bonchev–Trinajstić information content (AvgIpc) is 2.16. The molecular weight excluding hydrogens is 223 g/mol. The fourth-order valence-electron chi connectivity index (χ4n) is 1.21. The van der Waals surface area contributed by atoms with Crippen LogP contribution in [0.2, 0.25) is 0 Å². The number of hydrogen-bond acceptors (Lipinski definition) is 3. The summed E-state index contributed by atoms with van der Waals surface area (Å²) in [6.45, 7) is 1.79. The van der Waals surface area contributed by atoms with Gasteiger partial charge in [0.05, 0.1) is 4.92 Å². The predicted octanol–water partition coefficient (Wildman–Crippen LogP) is 2.57. The molecule has 0 aromatic heterocycles. The normalized spacial score (nSPS) is 11.7. The highest BCUT2D eigenvalue weighted by atomic mass is 35.5. The highest BCUT2D eigenvalue weighted by molar-refractivity contribution is 5.85. The molecule has 84 valence electrons. The summed E-state index contributed by atoms with van der Waals surface area (Å²) in [5.41, 5.74) is 5.75. The molecular formula is C9H12ClFN2O2. The molecule has 0 heterocycles. The standard InChI is InChI=1S/C9H11FN2O2.ClH/c1-2-8(11)7-5-6(10)3-4-9(7)12(13)14;/h3-5,8H,2,11H2,1H3;1H/t8-;/m0./s1. The van der Waals surface area contributed by atoms with Crippen molar-refractivity contribution in [3.8, 4) is 0 Å². The summed E-state index contributed by atoms with van der Waals surface area (Å²) in [4.78, 5) is 10.0. The van der Waals surface area contributed by atoms with Crippen LogP contribution in [0.4, 0.5) is 10.1 Å². The molecule has 1 atom stereocenters. The van der Waals surface area contributed by atoms with E-state index in [1.54, 1.807) is 6.92 Å². The molecule has 1 aromatic rings. The van der Waals surface area contributed by atoms with Gasteiger partial charge >= 0.3 is 0 Å². The van der Waals surface area contributed by atoms with Gasteiger partial charge in [-0.05, 0) is 18.6 Å². The summed E-state index contributed by atoms with van der Waals surface area (Å²) in [5.74, 6) is -0.505. The first-order valence-electron chi connectivity index (χ1n) is 4.25. The van der Waals surface area contributed by atoms with E-state index in [-0.39, 0.29) is 23.7 Å². The molecule has 15 heavy (non-hydrogen) atoms. The summed E-state index contributed by atoms with van der Waals surface area (Å²) < 4.78 is 12.8. The lowest BCUT2D eigenvalue weighted by atomic mass is 10.0. The minimum Gasteiger partial charge on any atom is -0.324 e. The van der Waals surface area contributed by atoms with E-state index in [0.717, 1.165) is 18.2 Å². The molecule has 1 rings (SSSR count). The lowest BCUT2D eigenvalue weighted by molar-refractivity contribution is -0.385. The minimum atomic E-state index is -0.551. The number of nitro groups is 1. The van der Waals surface area contributed by atoms with Gasteiger partial charge in [-0.2, -0.15) is 0 Å². The van der Waals surface area contributed by atoms with E-state index in [2.05, 4.69) is 0 Å². The zero-order valence-electron chi connectivity index (χ0n) is 8.14. The summed E-state index contributed by atoms with van der Waals surface area (Å²) in [6, 6.07) is 2.82. The predicted molar refractivity (Wildman–Crippen MR) is 57.5 cm³/mol. The SMILES string of the molecule is CC[C@H](N)c1cc(F)ccc1[N+](=O)[O-].Cl. The molecule has 0 radical (unpaired) electrons. The van der Waals surface area contributed by atoms with Crippen LogP contribution in [0.1, 0.15) is 24.9 Å². The highest BCUT2D eigenvalue weighted by Crippen LogP contribution is 2.25. The number of hydrogen-bond donors (Lipinski definition) is 1. The molecule has 6 heteroatoms. The smallest absolute Gasteiger partial charge is 0.274 e. The van der Waals surface area contributed by atoms with E-state index in [9.17, 15) is 14.5 Å². The van der Waals surface area contributed by atoms with Crippen LogP contribution >= 0.6 is 12.4 Å². The molecule has 0 aliphatic carbocycles. The molecule has 2 N–H and O–H groups in total. The molecule has 0 aliphatic heterocycles. The molecule has 0 amide bonds. The Morgan fingerprint density at radius 1 is 1.60 bits per heavy atom. The van der Waals surface area contributed by atoms with Crippen LogP contribution in [0.5, 0.6) is 0 Å². The second-order valence-electron chi connectivity index (χ2n) is 2.97. The van der Waals surface area contributed by atoms with E-state index in [1.807, 2.05) is 0 Å². The van der Waals surface area contributed by atoms with Gasteiger partial charge in [-0.3, -0.25) is 10.1 Å². The topological polar surface area (TPSA) is 69.2 Å². The largest absolute Gasteiger partial charge is 0.324 e. The number of rotatable bonds is 3. The third kappa shape index (κ3) is 3.14. The Balaban J connectivity index is 0.00000196. The Hall–Kier alpha value is -1.20. The second-order valence-corrected chi connectivity index (χ2v) is 2.97. The van der Waals surface area contributed by atoms with Gasteiger partial charge in [-0.1, -0.05) is 6.92 Å². The lowest BCUT2D eigenvalue weighted by Crippen LogP contribution is -2.11. The maximum atomic E-state index is 12.8. The van der Waals surface area contributed by atoms with Crippen LogP contribution in [-0.4, -0.2) is 4.92 Å². The van der Waals surface area contributed by atoms with E-state index in [0.29, 0.717) is 6.42 Å². The van der Waals surface area contributed by atoms with Crippen molar-refractivity contribution < 1.29 is 9.31 Å². The Kier molecular flexibility index (Phi) is 5.18. The van der Waals surface area contributed by atoms with Gasteiger partial charge in [0, 0.05) is 17.7 Å². The van der Waals surface area contributed by atoms with Gasteiger partial charge in [0.25, 0.3) is 5.69 Å². The molecule has 0 saturated carbocycles. The fourth-order valence-corrected chi connectivity index (χ4v) is 1.21. The van der Waals surface area contributed by atoms with E-state index in [1.165, 1.54) is 0 Å². The van der Waals surface area contributed by atoms with Crippen molar-refractivity contribution in [2.45, 2.75) is 19.4 Å². The number of nitrogens with two attached hydrogens (primary N) is 1. The minimum absolute atomic E-state index is 0. The summed E-state index contributed by atoms with van der Waals surface area (Å²) in [7, 11) is 0. The van der Waals surface area contributed by atoms with Crippen LogP contribution in [0.15, 0.2) is 18.2 Å². The quantitative estimate of drug-likeness (QED) is 0.646. The van der Waals surface area contributed by atoms with Gasteiger partial charge in [0.1, 0.15) is 5.82 Å². The molecule has 0 fully saturated rings. The summed E-state index contributed by atoms with van der Waals surface area (Å²) in [6.07, 6.45) is 0.532. The van der Waals surface area contributed by atoms with Crippen molar-refractivity contribution in [1.29, 1.82) is 0 Å². The third-order valence-electron chi connectivity index (χ3n) is 2.03.